The Morgan fingerprint density at radius 3 is 1.89 bits per heavy atom. The van der Waals surface area contributed by atoms with Crippen LogP contribution in [-0.4, -0.2) is 11.1 Å². The van der Waals surface area contributed by atoms with E-state index in [1.54, 1.807) is 0 Å². The smallest absolute Gasteiger partial charge is 0.418 e. The molecule has 100 valence electrons. The Hall–Kier alpha value is -1.44. The molecule has 0 aliphatic heterocycles. The number of aromatic carboxylic acids is 1. The number of carboxylic acids is 1. The van der Waals surface area contributed by atoms with Gasteiger partial charge in [0.05, 0.1) is 21.7 Å². The summed E-state index contributed by atoms with van der Waals surface area (Å²) in [7, 11) is 0. The van der Waals surface area contributed by atoms with Gasteiger partial charge >= 0.3 is 18.3 Å². The third kappa shape index (κ3) is 2.87. The molecule has 1 rings (SSSR count). The highest BCUT2D eigenvalue weighted by Crippen LogP contribution is 2.44. The van der Waals surface area contributed by atoms with Gasteiger partial charge in [-0.05, 0) is 12.1 Å². The van der Waals surface area contributed by atoms with Crippen molar-refractivity contribution in [1.82, 2.24) is 0 Å². The van der Waals surface area contributed by atoms with Gasteiger partial charge in [0.25, 0.3) is 0 Å². The minimum absolute atomic E-state index is 0.100. The van der Waals surface area contributed by atoms with Gasteiger partial charge in [0.15, 0.2) is 0 Å². The molecule has 0 aromatic heterocycles. The zero-order valence-corrected chi connectivity index (χ0v) is 8.91. The molecule has 9 heteroatoms. The number of benzene rings is 1. The van der Waals surface area contributed by atoms with Crippen molar-refractivity contribution < 1.29 is 36.2 Å². The maximum Gasteiger partial charge on any atom is 0.418 e. The highest BCUT2D eigenvalue weighted by Gasteiger charge is 2.45. The minimum atomic E-state index is -5.36. The van der Waals surface area contributed by atoms with Gasteiger partial charge in [-0.25, -0.2) is 4.79 Å². The van der Waals surface area contributed by atoms with Crippen LogP contribution in [0.5, 0.6) is 0 Å². The van der Waals surface area contributed by atoms with Crippen LogP contribution < -0.4 is 0 Å². The fraction of sp³-hybridized carbons (Fsp3) is 0.222. The molecule has 2 nitrogen and oxygen atoms in total. The Morgan fingerprint density at radius 1 is 1.06 bits per heavy atom. The zero-order chi connectivity index (χ0) is 14.3. The van der Waals surface area contributed by atoms with Crippen LogP contribution in [0.1, 0.15) is 21.5 Å². The summed E-state index contributed by atoms with van der Waals surface area (Å²) in [6, 6.07) is 0.221. The van der Waals surface area contributed by atoms with E-state index in [0.29, 0.717) is 6.07 Å². The first-order chi connectivity index (χ1) is 7.94. The van der Waals surface area contributed by atoms with E-state index in [1.165, 1.54) is 0 Å². The Balaban J connectivity index is 3.67. The summed E-state index contributed by atoms with van der Waals surface area (Å²) in [6.07, 6.45) is -10.7. The van der Waals surface area contributed by atoms with E-state index in [9.17, 15) is 31.1 Å². The summed E-state index contributed by atoms with van der Waals surface area (Å²) in [4.78, 5) is 10.5. The van der Waals surface area contributed by atoms with E-state index in [1.807, 2.05) is 0 Å². The van der Waals surface area contributed by atoms with E-state index in [4.69, 9.17) is 16.7 Å². The number of hydrogen-bond acceptors (Lipinski definition) is 1. The highest BCUT2D eigenvalue weighted by molar-refractivity contribution is 6.32. The van der Waals surface area contributed by atoms with E-state index < -0.39 is 40.0 Å². The number of alkyl halides is 6. The molecule has 0 bridgehead atoms. The van der Waals surface area contributed by atoms with Gasteiger partial charge in [-0.15, -0.1) is 0 Å². The molecule has 0 heterocycles. The van der Waals surface area contributed by atoms with Gasteiger partial charge in [0, 0.05) is 0 Å². The van der Waals surface area contributed by atoms with Crippen molar-refractivity contribution in [3.63, 3.8) is 0 Å². The Labute approximate surface area is 101 Å². The number of carboxylic acid groups (broad SMARTS) is 1. The molecule has 0 saturated heterocycles. The molecule has 18 heavy (non-hydrogen) atoms. The molecule has 0 fully saturated rings. The van der Waals surface area contributed by atoms with Gasteiger partial charge in [-0.2, -0.15) is 26.3 Å². The van der Waals surface area contributed by atoms with Crippen molar-refractivity contribution in [1.29, 1.82) is 0 Å². The van der Waals surface area contributed by atoms with Crippen molar-refractivity contribution in [2.24, 2.45) is 0 Å². The summed E-state index contributed by atoms with van der Waals surface area (Å²) < 4.78 is 74.7. The second kappa shape index (κ2) is 4.34. The fourth-order valence-corrected chi connectivity index (χ4v) is 1.57. The molecule has 0 unspecified atom stereocenters. The molecular weight excluding hydrogens is 290 g/mol. The number of rotatable bonds is 1. The van der Waals surface area contributed by atoms with Crippen molar-refractivity contribution in [3.8, 4) is 0 Å². The highest BCUT2D eigenvalue weighted by atomic mass is 35.5. The van der Waals surface area contributed by atoms with Crippen molar-refractivity contribution in [2.45, 2.75) is 12.4 Å². The third-order valence-corrected chi connectivity index (χ3v) is 2.22. The third-order valence-electron chi connectivity index (χ3n) is 1.93. The standard InChI is InChI=1S/C9H3ClF6O2/c10-5-2-3(7(17)18)1-4(8(11,12)13)6(5)9(14,15)16/h1-2H,(H,17,18). The summed E-state index contributed by atoms with van der Waals surface area (Å²) in [6.45, 7) is 0. The van der Waals surface area contributed by atoms with Gasteiger partial charge in [-0.3, -0.25) is 0 Å². The number of halogens is 7. The molecule has 1 aromatic carbocycles. The number of hydrogen-bond donors (Lipinski definition) is 1. The second-order valence-corrected chi connectivity index (χ2v) is 3.59. The topological polar surface area (TPSA) is 37.3 Å². The van der Waals surface area contributed by atoms with Crippen LogP contribution in [0.2, 0.25) is 5.02 Å². The van der Waals surface area contributed by atoms with Gasteiger partial charge in [-0.1, -0.05) is 11.6 Å². The van der Waals surface area contributed by atoms with Crippen LogP contribution in [0.15, 0.2) is 12.1 Å². The maximum atomic E-state index is 12.5. The van der Waals surface area contributed by atoms with E-state index in [0.717, 1.165) is 0 Å². The predicted molar refractivity (Wildman–Crippen MR) is 48.4 cm³/mol. The monoisotopic (exact) mass is 292 g/mol. The predicted octanol–water partition coefficient (Wildman–Crippen LogP) is 4.08. The molecule has 0 atom stereocenters. The summed E-state index contributed by atoms with van der Waals surface area (Å²) in [5.41, 5.74) is -5.19. The Bertz CT molecular complexity index is 491. The van der Waals surface area contributed by atoms with Crippen molar-refractivity contribution >= 4 is 17.6 Å². The quantitative estimate of drug-likeness (QED) is 0.792. The molecule has 0 spiro atoms. The average Bonchev–Trinajstić information content (AvgIpc) is 2.12. The van der Waals surface area contributed by atoms with Crippen LogP contribution in [0.4, 0.5) is 26.3 Å². The first-order valence-electron chi connectivity index (χ1n) is 4.16. The van der Waals surface area contributed by atoms with Gasteiger partial charge in [0.2, 0.25) is 0 Å². The first-order valence-corrected chi connectivity index (χ1v) is 4.53. The van der Waals surface area contributed by atoms with Gasteiger partial charge in [0.1, 0.15) is 0 Å². The Kier molecular flexibility index (Phi) is 3.53. The van der Waals surface area contributed by atoms with Crippen molar-refractivity contribution in [2.75, 3.05) is 0 Å². The summed E-state index contributed by atoms with van der Waals surface area (Å²) >= 11 is 5.09. The molecule has 0 amide bonds. The van der Waals surface area contributed by atoms with Crippen LogP contribution in [0.25, 0.3) is 0 Å². The summed E-state index contributed by atoms with van der Waals surface area (Å²) in [5.74, 6) is -1.81. The normalized spacial score (nSPS) is 12.6. The zero-order valence-electron chi connectivity index (χ0n) is 8.16. The lowest BCUT2D eigenvalue weighted by molar-refractivity contribution is -0.162. The molecule has 0 aliphatic carbocycles. The molecule has 0 radical (unpaired) electrons. The lowest BCUT2D eigenvalue weighted by Crippen LogP contribution is -2.18. The largest absolute Gasteiger partial charge is 0.478 e. The van der Waals surface area contributed by atoms with Crippen LogP contribution in [0, 0.1) is 0 Å². The van der Waals surface area contributed by atoms with Crippen LogP contribution in [0.3, 0.4) is 0 Å². The minimum Gasteiger partial charge on any atom is -0.478 e. The fourth-order valence-electron chi connectivity index (χ4n) is 1.24. The molecule has 0 saturated carbocycles. The number of carbonyl (C=O) groups is 1. The average molecular weight is 293 g/mol. The first kappa shape index (κ1) is 14.6. The molecule has 1 aromatic rings. The lowest BCUT2D eigenvalue weighted by atomic mass is 10.0. The van der Waals surface area contributed by atoms with Gasteiger partial charge < -0.3 is 5.11 Å². The van der Waals surface area contributed by atoms with E-state index in [2.05, 4.69) is 0 Å². The lowest BCUT2D eigenvalue weighted by Gasteiger charge is -2.17. The second-order valence-electron chi connectivity index (χ2n) is 3.18. The van der Waals surface area contributed by atoms with E-state index >= 15 is 0 Å². The maximum absolute atomic E-state index is 12.5. The molecule has 1 N–H and O–H groups in total. The molecular formula is C9H3ClF6O2. The Morgan fingerprint density at radius 2 is 1.56 bits per heavy atom. The van der Waals surface area contributed by atoms with Crippen molar-refractivity contribution in [3.05, 3.63) is 33.8 Å². The summed E-state index contributed by atoms with van der Waals surface area (Å²) in [5, 5.41) is 7.18. The van der Waals surface area contributed by atoms with Crippen LogP contribution >= 0.6 is 11.6 Å². The van der Waals surface area contributed by atoms with Crippen LogP contribution in [-0.2, 0) is 12.4 Å². The molecule has 0 aliphatic rings. The van der Waals surface area contributed by atoms with E-state index in [-0.39, 0.29) is 6.07 Å². The SMILES string of the molecule is O=C(O)c1cc(Cl)c(C(F)(F)F)c(C(F)(F)F)c1.